The summed E-state index contributed by atoms with van der Waals surface area (Å²) in [5, 5.41) is 0.339. The molecule has 0 spiro atoms. The lowest BCUT2D eigenvalue weighted by Crippen LogP contribution is -2.37. The fourth-order valence-electron chi connectivity index (χ4n) is 4.87. The van der Waals surface area contributed by atoms with Crippen molar-refractivity contribution in [3.05, 3.63) is 74.8 Å². The number of H-pyrrole nitrogens is 1. The molecule has 0 atom stereocenters. The Kier molecular flexibility index (Phi) is 6.37. The average Bonchev–Trinajstić information content (AvgIpc) is 2.86. The molecule has 1 fully saturated rings. The van der Waals surface area contributed by atoms with Gasteiger partial charge in [-0.2, -0.15) is 0 Å². The largest absolute Gasteiger partial charge is 0.487 e. The van der Waals surface area contributed by atoms with Crippen LogP contribution >= 0.6 is 0 Å². The van der Waals surface area contributed by atoms with E-state index in [2.05, 4.69) is 4.98 Å². The van der Waals surface area contributed by atoms with E-state index in [1.165, 1.54) is 17.7 Å². The lowest BCUT2D eigenvalue weighted by Gasteiger charge is -2.31. The second-order valence-electron chi connectivity index (χ2n) is 9.29. The van der Waals surface area contributed by atoms with E-state index < -0.39 is 5.82 Å². The number of aromatic amines is 1. The van der Waals surface area contributed by atoms with Gasteiger partial charge in [-0.25, -0.2) is 4.39 Å². The van der Waals surface area contributed by atoms with Crippen molar-refractivity contribution >= 4 is 16.8 Å². The molecule has 0 radical (unpaired) electrons. The van der Waals surface area contributed by atoms with Gasteiger partial charge in [-0.3, -0.25) is 9.59 Å². The molecule has 2 aliphatic heterocycles. The quantitative estimate of drug-likeness (QED) is 0.613. The van der Waals surface area contributed by atoms with E-state index in [1.54, 1.807) is 13.0 Å². The van der Waals surface area contributed by atoms with E-state index >= 15 is 0 Å². The maximum absolute atomic E-state index is 13.5. The molecule has 34 heavy (non-hydrogen) atoms. The number of carbonyl (C=O) groups is 1. The highest BCUT2D eigenvalue weighted by Crippen LogP contribution is 2.27. The average molecular weight is 465 g/mol. The first-order valence-electron chi connectivity index (χ1n) is 11.9. The smallest absolute Gasteiger partial charge is 0.223 e. The van der Waals surface area contributed by atoms with Gasteiger partial charge < -0.3 is 19.4 Å². The zero-order chi connectivity index (χ0) is 23.7. The number of hydrogen-bond donors (Lipinski definition) is 1. The second-order valence-corrected chi connectivity index (χ2v) is 9.29. The van der Waals surface area contributed by atoms with Crippen LogP contribution in [-0.2, 0) is 29.1 Å². The van der Waals surface area contributed by atoms with Gasteiger partial charge in [0.05, 0.1) is 5.69 Å². The molecule has 1 aromatic heterocycles. The number of fused-ring (bicyclic) bond motifs is 2. The Morgan fingerprint density at radius 1 is 1.18 bits per heavy atom. The normalized spacial score (nSPS) is 16.5. The minimum atomic E-state index is -0.431. The van der Waals surface area contributed by atoms with Gasteiger partial charge in [0.25, 0.3) is 0 Å². The molecule has 2 aromatic carbocycles. The van der Waals surface area contributed by atoms with Crippen LogP contribution in [0.25, 0.3) is 10.9 Å². The molecule has 1 saturated heterocycles. The molecule has 178 valence electrons. The Balaban J connectivity index is 1.24. The number of ether oxygens (including phenoxy) is 2. The number of nitrogens with one attached hydrogen (secondary N) is 1. The van der Waals surface area contributed by atoms with Crippen LogP contribution in [0, 0.1) is 18.7 Å². The zero-order valence-electron chi connectivity index (χ0n) is 19.4. The fraction of sp³-hybridized carbons (Fsp3) is 0.407. The van der Waals surface area contributed by atoms with Crippen LogP contribution < -0.4 is 10.2 Å². The van der Waals surface area contributed by atoms with Gasteiger partial charge >= 0.3 is 0 Å². The van der Waals surface area contributed by atoms with Crippen LogP contribution in [0.15, 0.2) is 41.2 Å². The molecule has 3 heterocycles. The number of nitrogens with zero attached hydrogens (tertiary/aromatic N) is 1. The van der Waals surface area contributed by atoms with E-state index in [-0.39, 0.29) is 17.9 Å². The van der Waals surface area contributed by atoms with Crippen LogP contribution in [0.2, 0.25) is 0 Å². The summed E-state index contributed by atoms with van der Waals surface area (Å²) in [6.07, 6.45) is 3.34. The third kappa shape index (κ3) is 4.71. The molecule has 6 nitrogen and oxygen atoms in total. The Morgan fingerprint density at radius 3 is 2.82 bits per heavy atom. The van der Waals surface area contributed by atoms with Crippen molar-refractivity contribution in [3.8, 4) is 5.75 Å². The molecule has 1 amide bonds. The van der Waals surface area contributed by atoms with Gasteiger partial charge in [-0.15, -0.1) is 0 Å². The monoisotopic (exact) mass is 464 g/mol. The minimum absolute atomic E-state index is 0.192. The van der Waals surface area contributed by atoms with Crippen molar-refractivity contribution in [3.63, 3.8) is 0 Å². The topological polar surface area (TPSA) is 71.6 Å². The number of hydrogen-bond acceptors (Lipinski definition) is 4. The predicted octanol–water partition coefficient (Wildman–Crippen LogP) is 4.26. The summed E-state index contributed by atoms with van der Waals surface area (Å²) < 4.78 is 24.9. The molecule has 0 aliphatic carbocycles. The summed E-state index contributed by atoms with van der Waals surface area (Å²) in [5.41, 5.74) is 3.93. The molecule has 3 aromatic rings. The molecule has 1 N–H and O–H groups in total. The van der Waals surface area contributed by atoms with Gasteiger partial charge in [-0.1, -0.05) is 6.07 Å². The van der Waals surface area contributed by atoms with Gasteiger partial charge in [0.15, 0.2) is 5.43 Å². The summed E-state index contributed by atoms with van der Waals surface area (Å²) in [5.74, 6) is 0.954. The molecule has 2 aliphatic rings. The second kappa shape index (κ2) is 9.58. The minimum Gasteiger partial charge on any atom is -0.487 e. The van der Waals surface area contributed by atoms with Crippen molar-refractivity contribution in [2.24, 2.45) is 5.92 Å². The van der Waals surface area contributed by atoms with Gasteiger partial charge in [0, 0.05) is 49.2 Å². The Bertz CT molecular complexity index is 1280. The predicted molar refractivity (Wildman–Crippen MR) is 127 cm³/mol. The molecule has 0 unspecified atom stereocenters. The van der Waals surface area contributed by atoms with Gasteiger partial charge in [0.2, 0.25) is 5.91 Å². The fourth-order valence-corrected chi connectivity index (χ4v) is 4.87. The number of rotatable bonds is 5. The summed E-state index contributed by atoms with van der Waals surface area (Å²) in [6.45, 7) is 4.80. The van der Waals surface area contributed by atoms with Crippen molar-refractivity contribution in [1.29, 1.82) is 0 Å². The molecule has 5 rings (SSSR count). The summed E-state index contributed by atoms with van der Waals surface area (Å²) in [6, 6.07) is 10.1. The van der Waals surface area contributed by atoms with E-state index in [9.17, 15) is 14.0 Å². The van der Waals surface area contributed by atoms with E-state index in [0.29, 0.717) is 47.6 Å². The van der Waals surface area contributed by atoms with Crippen LogP contribution in [0.1, 0.15) is 41.6 Å². The van der Waals surface area contributed by atoms with Crippen molar-refractivity contribution in [1.82, 2.24) is 9.88 Å². The van der Waals surface area contributed by atoms with Crippen molar-refractivity contribution < 1.29 is 18.7 Å². The maximum atomic E-state index is 13.5. The van der Waals surface area contributed by atoms with Crippen LogP contribution in [-0.4, -0.2) is 35.5 Å². The molecular formula is C27H29FN2O4. The first kappa shape index (κ1) is 22.6. The van der Waals surface area contributed by atoms with Gasteiger partial charge in [0.1, 0.15) is 18.2 Å². The highest BCUT2D eigenvalue weighted by molar-refractivity contribution is 5.79. The first-order chi connectivity index (χ1) is 16.5. The number of pyridine rings is 1. The Labute approximate surface area is 197 Å². The highest BCUT2D eigenvalue weighted by atomic mass is 19.1. The van der Waals surface area contributed by atoms with Crippen molar-refractivity contribution in [2.75, 3.05) is 19.8 Å². The first-order valence-corrected chi connectivity index (χ1v) is 11.9. The number of amides is 1. The third-order valence-electron chi connectivity index (χ3n) is 7.04. The SMILES string of the molecule is Cc1c(COc2ccc3c(c2)CCN(C(=O)CC2CCOCC2)C3)[nH]c2ccc(F)cc2c1=O. The third-order valence-corrected chi connectivity index (χ3v) is 7.04. The van der Waals surface area contributed by atoms with Crippen LogP contribution in [0.4, 0.5) is 4.39 Å². The molecule has 0 bridgehead atoms. The Morgan fingerprint density at radius 2 is 2.00 bits per heavy atom. The van der Waals surface area contributed by atoms with Gasteiger partial charge in [-0.05, 0) is 73.6 Å². The number of carbonyl (C=O) groups excluding carboxylic acids is 1. The summed E-state index contributed by atoms with van der Waals surface area (Å²) >= 11 is 0. The van der Waals surface area contributed by atoms with Crippen LogP contribution in [0.5, 0.6) is 5.75 Å². The van der Waals surface area contributed by atoms with E-state index in [4.69, 9.17) is 9.47 Å². The number of aromatic nitrogens is 1. The Hall–Kier alpha value is -3.19. The van der Waals surface area contributed by atoms with E-state index in [0.717, 1.165) is 43.8 Å². The number of benzene rings is 2. The zero-order valence-corrected chi connectivity index (χ0v) is 19.4. The molecule has 7 heteroatoms. The summed E-state index contributed by atoms with van der Waals surface area (Å²) in [7, 11) is 0. The highest BCUT2D eigenvalue weighted by Gasteiger charge is 2.24. The summed E-state index contributed by atoms with van der Waals surface area (Å²) in [4.78, 5) is 30.6. The lowest BCUT2D eigenvalue weighted by atomic mass is 9.94. The van der Waals surface area contributed by atoms with Crippen LogP contribution in [0.3, 0.4) is 0 Å². The standard InChI is InChI=1S/C27H29FN2O4/c1-17-25(29-24-5-3-21(28)14-23(24)27(17)32)16-34-22-4-2-20-15-30(9-6-19(20)13-22)26(31)12-18-7-10-33-11-8-18/h2-5,13-14,18H,6-12,15-16H2,1H3,(H,29,32). The van der Waals surface area contributed by atoms with Crippen molar-refractivity contribution in [2.45, 2.75) is 45.8 Å². The number of halogens is 1. The van der Waals surface area contributed by atoms with E-state index in [1.807, 2.05) is 23.1 Å². The maximum Gasteiger partial charge on any atom is 0.223 e. The lowest BCUT2D eigenvalue weighted by molar-refractivity contribution is -0.133. The molecule has 0 saturated carbocycles. The molecular weight excluding hydrogens is 435 g/mol.